The lowest BCUT2D eigenvalue weighted by Crippen LogP contribution is -2.27. The summed E-state index contributed by atoms with van der Waals surface area (Å²) < 4.78 is 40.8. The predicted molar refractivity (Wildman–Crippen MR) is 79.1 cm³/mol. The van der Waals surface area contributed by atoms with Crippen LogP contribution in [0.2, 0.25) is 5.02 Å². The largest absolute Gasteiger partial charge is 0.392 e. The Morgan fingerprint density at radius 2 is 2.00 bits per heavy atom. The van der Waals surface area contributed by atoms with Crippen molar-refractivity contribution >= 4 is 21.6 Å². The first-order chi connectivity index (χ1) is 9.94. The maximum absolute atomic E-state index is 14.0. The van der Waals surface area contributed by atoms with Gasteiger partial charge in [0.25, 0.3) is 0 Å². The van der Waals surface area contributed by atoms with Crippen LogP contribution in [-0.2, 0) is 16.6 Å². The number of hydrogen-bond donors (Lipinski definition) is 2. The van der Waals surface area contributed by atoms with Gasteiger partial charge in [0.1, 0.15) is 10.7 Å². The van der Waals surface area contributed by atoms with Gasteiger partial charge in [0.2, 0.25) is 10.0 Å². The molecule has 0 aromatic heterocycles. The normalized spacial score (nSPS) is 16.5. The summed E-state index contributed by atoms with van der Waals surface area (Å²) in [5, 5.41) is 9.12. The van der Waals surface area contributed by atoms with E-state index in [9.17, 15) is 12.8 Å². The maximum Gasteiger partial charge on any atom is 0.243 e. The number of rotatable bonds is 6. The Morgan fingerprint density at radius 1 is 1.33 bits per heavy atom. The molecule has 0 amide bonds. The van der Waals surface area contributed by atoms with E-state index < -0.39 is 27.3 Å². The van der Waals surface area contributed by atoms with Gasteiger partial charge in [-0.3, -0.25) is 0 Å². The molecule has 1 aromatic carbocycles. The Kier molecular flexibility index (Phi) is 5.60. The molecule has 1 aliphatic rings. The van der Waals surface area contributed by atoms with E-state index in [4.69, 9.17) is 16.7 Å². The van der Waals surface area contributed by atoms with Gasteiger partial charge in [-0.05, 0) is 24.5 Å². The molecule has 0 atom stereocenters. The average Bonchev–Trinajstić information content (AvgIpc) is 2.93. The van der Waals surface area contributed by atoms with Crippen LogP contribution in [0.1, 0.15) is 37.7 Å². The molecular formula is C14H19ClFNO3S. The molecule has 0 saturated heterocycles. The Hall–Kier alpha value is -0.690. The number of benzene rings is 1. The molecule has 0 radical (unpaired) electrons. The van der Waals surface area contributed by atoms with Crippen molar-refractivity contribution in [3.63, 3.8) is 0 Å². The van der Waals surface area contributed by atoms with Crippen LogP contribution in [0, 0.1) is 11.7 Å². The van der Waals surface area contributed by atoms with Crippen LogP contribution >= 0.6 is 11.6 Å². The Balaban J connectivity index is 2.09. The summed E-state index contributed by atoms with van der Waals surface area (Å²) in [5.74, 6) is -0.403. The molecule has 0 unspecified atom stereocenters. The van der Waals surface area contributed by atoms with Crippen molar-refractivity contribution in [1.82, 2.24) is 4.72 Å². The lowest BCUT2D eigenvalue weighted by atomic mass is 10.1. The highest BCUT2D eigenvalue weighted by atomic mass is 35.5. The molecule has 0 spiro atoms. The van der Waals surface area contributed by atoms with E-state index in [2.05, 4.69) is 4.72 Å². The first-order valence-electron chi connectivity index (χ1n) is 7.02. The Morgan fingerprint density at radius 3 is 2.62 bits per heavy atom. The third kappa shape index (κ3) is 4.16. The monoisotopic (exact) mass is 335 g/mol. The fourth-order valence-electron chi connectivity index (χ4n) is 2.70. The molecule has 0 bridgehead atoms. The van der Waals surface area contributed by atoms with Gasteiger partial charge in [-0.2, -0.15) is 0 Å². The van der Waals surface area contributed by atoms with Crippen LogP contribution in [-0.4, -0.2) is 20.1 Å². The smallest absolute Gasteiger partial charge is 0.243 e. The third-order valence-corrected chi connectivity index (χ3v) is 5.54. The minimum Gasteiger partial charge on any atom is -0.392 e. The van der Waals surface area contributed by atoms with Crippen LogP contribution in [0.5, 0.6) is 0 Å². The quantitative estimate of drug-likeness (QED) is 0.840. The predicted octanol–water partition coefficient (Wildman–Crippen LogP) is 2.83. The van der Waals surface area contributed by atoms with Gasteiger partial charge in [-0.1, -0.05) is 37.3 Å². The molecule has 21 heavy (non-hydrogen) atoms. The molecule has 1 aromatic rings. The summed E-state index contributed by atoms with van der Waals surface area (Å²) in [4.78, 5) is -0.509. The molecule has 1 aliphatic carbocycles. The average molecular weight is 336 g/mol. The second-order valence-electron chi connectivity index (χ2n) is 5.37. The van der Waals surface area contributed by atoms with Crippen LogP contribution in [0.3, 0.4) is 0 Å². The highest BCUT2D eigenvalue weighted by Crippen LogP contribution is 2.27. The molecular weight excluding hydrogens is 317 g/mol. The van der Waals surface area contributed by atoms with Crippen molar-refractivity contribution in [3.05, 3.63) is 28.5 Å². The molecule has 0 heterocycles. The van der Waals surface area contributed by atoms with Crippen molar-refractivity contribution in [3.8, 4) is 0 Å². The van der Waals surface area contributed by atoms with Gasteiger partial charge < -0.3 is 5.11 Å². The summed E-state index contributed by atoms with van der Waals surface area (Å²) in [6, 6.07) is 2.28. The summed E-state index contributed by atoms with van der Waals surface area (Å²) >= 11 is 5.77. The van der Waals surface area contributed by atoms with Crippen LogP contribution in [0.25, 0.3) is 0 Å². The molecule has 2 N–H and O–H groups in total. The number of sulfonamides is 1. The van der Waals surface area contributed by atoms with E-state index in [-0.39, 0.29) is 17.1 Å². The van der Waals surface area contributed by atoms with Crippen molar-refractivity contribution in [2.45, 2.75) is 43.6 Å². The van der Waals surface area contributed by atoms with Gasteiger partial charge in [0.05, 0.1) is 6.61 Å². The Bertz CT molecular complexity index is 600. The summed E-state index contributed by atoms with van der Waals surface area (Å²) in [6.07, 6.45) is 5.40. The minimum absolute atomic E-state index is 0.0802. The van der Waals surface area contributed by atoms with Gasteiger partial charge in [-0.25, -0.2) is 17.5 Å². The van der Waals surface area contributed by atoms with Crippen molar-refractivity contribution in [2.75, 3.05) is 6.54 Å². The highest BCUT2D eigenvalue weighted by Gasteiger charge is 2.23. The van der Waals surface area contributed by atoms with Crippen LogP contribution in [0.4, 0.5) is 4.39 Å². The summed E-state index contributed by atoms with van der Waals surface area (Å²) in [5.41, 5.74) is -0.126. The SMILES string of the molecule is O=S(=O)(NCCC1CCCC1)c1cc(Cl)cc(CO)c1F. The molecule has 7 heteroatoms. The molecule has 118 valence electrons. The Labute approximate surface area is 129 Å². The number of aliphatic hydroxyl groups is 1. The van der Waals surface area contributed by atoms with Gasteiger partial charge in [0, 0.05) is 17.1 Å². The molecule has 4 nitrogen and oxygen atoms in total. The summed E-state index contributed by atoms with van der Waals surface area (Å²) in [6.45, 7) is -0.315. The van der Waals surface area contributed by atoms with E-state index >= 15 is 0 Å². The lowest BCUT2D eigenvalue weighted by Gasteiger charge is -2.12. The van der Waals surface area contributed by atoms with E-state index in [0.717, 1.165) is 25.3 Å². The standard InChI is InChI=1S/C14H19ClFNO3S/c15-12-7-11(9-18)14(16)13(8-12)21(19,20)17-6-5-10-3-1-2-4-10/h7-8,10,17-18H,1-6,9H2. The lowest BCUT2D eigenvalue weighted by molar-refractivity contribution is 0.274. The topological polar surface area (TPSA) is 66.4 Å². The van der Waals surface area contributed by atoms with Gasteiger partial charge in [0.15, 0.2) is 0 Å². The number of nitrogens with one attached hydrogen (secondary N) is 1. The van der Waals surface area contributed by atoms with Crippen molar-refractivity contribution in [2.24, 2.45) is 5.92 Å². The molecule has 1 saturated carbocycles. The van der Waals surface area contributed by atoms with E-state index in [1.807, 2.05) is 0 Å². The third-order valence-electron chi connectivity index (χ3n) is 3.86. The first-order valence-corrected chi connectivity index (χ1v) is 8.88. The van der Waals surface area contributed by atoms with Crippen molar-refractivity contribution < 1.29 is 17.9 Å². The molecule has 1 fully saturated rings. The number of halogens is 2. The van der Waals surface area contributed by atoms with Crippen molar-refractivity contribution in [1.29, 1.82) is 0 Å². The first kappa shape index (κ1) is 16.7. The van der Waals surface area contributed by atoms with Gasteiger partial charge >= 0.3 is 0 Å². The highest BCUT2D eigenvalue weighted by molar-refractivity contribution is 7.89. The van der Waals surface area contributed by atoms with Crippen LogP contribution in [0.15, 0.2) is 17.0 Å². The zero-order valence-electron chi connectivity index (χ0n) is 11.6. The van der Waals surface area contributed by atoms with Gasteiger partial charge in [-0.15, -0.1) is 0 Å². The minimum atomic E-state index is -3.96. The van der Waals surface area contributed by atoms with E-state index in [1.165, 1.54) is 18.9 Å². The van der Waals surface area contributed by atoms with E-state index in [0.29, 0.717) is 5.92 Å². The molecule has 2 rings (SSSR count). The zero-order valence-corrected chi connectivity index (χ0v) is 13.2. The summed E-state index contributed by atoms with van der Waals surface area (Å²) in [7, 11) is -3.96. The number of hydrogen-bond acceptors (Lipinski definition) is 3. The molecule has 0 aliphatic heterocycles. The number of aliphatic hydroxyl groups excluding tert-OH is 1. The maximum atomic E-state index is 14.0. The fraction of sp³-hybridized carbons (Fsp3) is 0.571. The van der Waals surface area contributed by atoms with E-state index in [1.54, 1.807) is 0 Å². The zero-order chi connectivity index (χ0) is 15.5. The van der Waals surface area contributed by atoms with Crippen LogP contribution < -0.4 is 4.72 Å². The second kappa shape index (κ2) is 7.05. The second-order valence-corrected chi connectivity index (χ2v) is 7.54. The fourth-order valence-corrected chi connectivity index (χ4v) is 4.20.